The minimum Gasteiger partial charge on any atom is -0.508 e. The summed E-state index contributed by atoms with van der Waals surface area (Å²) in [5.41, 5.74) is -0.142. The Kier molecular flexibility index (Phi) is 6.02. The van der Waals surface area contributed by atoms with Crippen molar-refractivity contribution in [3.05, 3.63) is 23.3 Å². The van der Waals surface area contributed by atoms with Gasteiger partial charge in [-0.1, -0.05) is 13.8 Å². The molecule has 1 heterocycles. The number of ether oxygens (including phenoxy) is 1. The number of hydrogen-bond acceptors (Lipinski definition) is 8. The van der Waals surface area contributed by atoms with Crippen LogP contribution in [0.2, 0.25) is 0 Å². The number of carbonyl (C=O) groups excluding carboxylic acids is 1. The van der Waals surface area contributed by atoms with E-state index in [-0.39, 0.29) is 16.9 Å². The zero-order chi connectivity index (χ0) is 18.9. The fraction of sp³-hybridized carbons (Fsp3) is 0.588. The van der Waals surface area contributed by atoms with Crippen LogP contribution >= 0.6 is 0 Å². The highest BCUT2D eigenvalue weighted by Crippen LogP contribution is 2.39. The van der Waals surface area contributed by atoms with Gasteiger partial charge in [0.1, 0.15) is 42.0 Å². The van der Waals surface area contributed by atoms with Crippen LogP contribution in [0.5, 0.6) is 11.5 Å². The molecule has 0 aliphatic carbocycles. The molecule has 2 rings (SSSR count). The molecule has 0 radical (unpaired) electrons. The zero-order valence-electron chi connectivity index (χ0n) is 14.0. The number of rotatable bonds is 5. The Bertz CT molecular complexity index is 629. The third-order valence-electron chi connectivity index (χ3n) is 4.64. The average molecular weight is 356 g/mol. The second-order valence-corrected chi connectivity index (χ2v) is 6.35. The molecule has 0 saturated carbocycles. The van der Waals surface area contributed by atoms with Crippen molar-refractivity contribution in [3.8, 4) is 11.5 Å². The zero-order valence-corrected chi connectivity index (χ0v) is 14.0. The Morgan fingerprint density at radius 1 is 1.16 bits per heavy atom. The molecule has 1 unspecified atom stereocenters. The minimum absolute atomic E-state index is 0.0142. The van der Waals surface area contributed by atoms with Gasteiger partial charge in [0, 0.05) is 17.5 Å². The first-order chi connectivity index (χ1) is 11.7. The number of Topliss-reactive ketones (excluding diaryl/α,β-unsaturated/α-hetero) is 1. The second-order valence-electron chi connectivity index (χ2n) is 6.35. The highest BCUT2D eigenvalue weighted by molar-refractivity contribution is 6.01. The lowest BCUT2D eigenvalue weighted by atomic mass is 9.85. The van der Waals surface area contributed by atoms with Crippen molar-refractivity contribution in [2.45, 2.75) is 50.8 Å². The second kappa shape index (κ2) is 7.67. The van der Waals surface area contributed by atoms with Crippen LogP contribution in [0.15, 0.2) is 12.1 Å². The molecule has 1 saturated heterocycles. The molecule has 1 aromatic rings. The first-order valence-corrected chi connectivity index (χ1v) is 8.13. The van der Waals surface area contributed by atoms with Crippen molar-refractivity contribution in [1.82, 2.24) is 0 Å². The summed E-state index contributed by atoms with van der Waals surface area (Å²) in [6, 6.07) is 2.16. The first kappa shape index (κ1) is 19.6. The van der Waals surface area contributed by atoms with Gasteiger partial charge in [0.05, 0.1) is 12.2 Å². The predicted molar refractivity (Wildman–Crippen MR) is 86.3 cm³/mol. The third kappa shape index (κ3) is 3.63. The maximum Gasteiger partial charge on any atom is 0.169 e. The fourth-order valence-electron chi connectivity index (χ4n) is 2.92. The van der Waals surface area contributed by atoms with Crippen LogP contribution in [0.1, 0.15) is 42.3 Å². The molecule has 8 heteroatoms. The number of aromatic hydroxyl groups is 2. The van der Waals surface area contributed by atoms with Crippen molar-refractivity contribution in [3.63, 3.8) is 0 Å². The van der Waals surface area contributed by atoms with Crippen LogP contribution in [0.25, 0.3) is 0 Å². The number of ketones is 1. The van der Waals surface area contributed by atoms with Crippen molar-refractivity contribution in [2.75, 3.05) is 6.61 Å². The molecule has 6 atom stereocenters. The normalized spacial score (nSPS) is 30.9. The van der Waals surface area contributed by atoms with Crippen LogP contribution in [-0.2, 0) is 4.74 Å². The molecule has 1 aliphatic heterocycles. The summed E-state index contributed by atoms with van der Waals surface area (Å²) in [6.07, 6.45) is -6.78. The van der Waals surface area contributed by atoms with E-state index in [9.17, 15) is 35.4 Å². The molecule has 0 aromatic heterocycles. The average Bonchev–Trinajstić information content (AvgIpc) is 2.58. The van der Waals surface area contributed by atoms with E-state index in [1.807, 2.05) is 0 Å². The predicted octanol–water partition coefficient (Wildman–Crippen LogP) is -0.159. The Morgan fingerprint density at radius 2 is 1.80 bits per heavy atom. The van der Waals surface area contributed by atoms with Gasteiger partial charge >= 0.3 is 0 Å². The molecule has 140 valence electrons. The standard InChI is InChI=1S/C17H24O8/c1-3-7(2)13(21)12-9(4-8(19)5-10(12)20)17-16(24)15(23)14(22)11(6-18)25-17/h4-5,7,11,14-20,22-24H,3,6H2,1-2H3/t7?,11-,14-,15+,16-,17+/m1/s1. The van der Waals surface area contributed by atoms with Gasteiger partial charge in [-0.25, -0.2) is 0 Å². The molecule has 0 amide bonds. The van der Waals surface area contributed by atoms with Crippen molar-refractivity contribution >= 4 is 5.78 Å². The quantitative estimate of drug-likeness (QED) is 0.399. The molecule has 8 nitrogen and oxygen atoms in total. The van der Waals surface area contributed by atoms with E-state index < -0.39 is 54.6 Å². The number of aliphatic hydroxyl groups is 4. The molecule has 0 spiro atoms. The summed E-state index contributed by atoms with van der Waals surface area (Å²) in [6.45, 7) is 2.85. The monoisotopic (exact) mass is 356 g/mol. The molecule has 0 bridgehead atoms. The van der Waals surface area contributed by atoms with Gasteiger partial charge in [-0.15, -0.1) is 0 Å². The molecular formula is C17H24O8. The van der Waals surface area contributed by atoms with Gasteiger partial charge < -0.3 is 35.4 Å². The SMILES string of the molecule is CCC(C)C(=O)c1c(O)cc(O)cc1[C@@H]1O[C@H](CO)[C@@H](O)[C@H](O)[C@H]1O. The van der Waals surface area contributed by atoms with E-state index in [0.717, 1.165) is 12.1 Å². The summed E-state index contributed by atoms with van der Waals surface area (Å²) in [5.74, 6) is -1.67. The van der Waals surface area contributed by atoms with E-state index in [1.165, 1.54) is 0 Å². The minimum atomic E-state index is -1.63. The summed E-state index contributed by atoms with van der Waals surface area (Å²) in [5, 5.41) is 59.3. The number of aliphatic hydroxyl groups excluding tert-OH is 4. The summed E-state index contributed by atoms with van der Waals surface area (Å²) >= 11 is 0. The van der Waals surface area contributed by atoms with E-state index in [0.29, 0.717) is 6.42 Å². The first-order valence-electron chi connectivity index (χ1n) is 8.13. The van der Waals surface area contributed by atoms with E-state index in [4.69, 9.17) is 4.74 Å². The highest BCUT2D eigenvalue weighted by atomic mass is 16.5. The lowest BCUT2D eigenvalue weighted by Crippen LogP contribution is -2.55. The number of carbonyl (C=O) groups is 1. The van der Waals surface area contributed by atoms with Gasteiger partial charge in [0.15, 0.2) is 5.78 Å². The topological polar surface area (TPSA) is 148 Å². The van der Waals surface area contributed by atoms with Crippen molar-refractivity contribution in [2.24, 2.45) is 5.92 Å². The molecule has 1 fully saturated rings. The maximum atomic E-state index is 12.6. The summed E-state index contributed by atoms with van der Waals surface area (Å²) < 4.78 is 5.45. The van der Waals surface area contributed by atoms with E-state index in [1.54, 1.807) is 13.8 Å². The Morgan fingerprint density at radius 3 is 2.36 bits per heavy atom. The van der Waals surface area contributed by atoms with Crippen LogP contribution in [0, 0.1) is 5.92 Å². The molecular weight excluding hydrogens is 332 g/mol. The number of benzene rings is 1. The van der Waals surface area contributed by atoms with Crippen LogP contribution in [0.3, 0.4) is 0 Å². The Balaban J connectivity index is 2.55. The van der Waals surface area contributed by atoms with Crippen LogP contribution < -0.4 is 0 Å². The van der Waals surface area contributed by atoms with Gasteiger partial charge in [0.25, 0.3) is 0 Å². The smallest absolute Gasteiger partial charge is 0.169 e. The summed E-state index contributed by atoms with van der Waals surface area (Å²) in [4.78, 5) is 12.6. The van der Waals surface area contributed by atoms with Crippen molar-refractivity contribution in [1.29, 1.82) is 0 Å². The van der Waals surface area contributed by atoms with Crippen molar-refractivity contribution < 1.29 is 40.2 Å². The van der Waals surface area contributed by atoms with Gasteiger partial charge in [0.2, 0.25) is 0 Å². The number of phenols is 2. The largest absolute Gasteiger partial charge is 0.508 e. The van der Waals surface area contributed by atoms with Gasteiger partial charge in [-0.05, 0) is 12.5 Å². The van der Waals surface area contributed by atoms with E-state index >= 15 is 0 Å². The highest BCUT2D eigenvalue weighted by Gasteiger charge is 2.45. The van der Waals surface area contributed by atoms with Crippen LogP contribution in [-0.4, -0.2) is 67.4 Å². The Hall–Kier alpha value is -1.71. The van der Waals surface area contributed by atoms with Gasteiger partial charge in [-0.2, -0.15) is 0 Å². The molecule has 1 aliphatic rings. The lowest BCUT2D eigenvalue weighted by molar-refractivity contribution is -0.231. The van der Waals surface area contributed by atoms with Crippen LogP contribution in [0.4, 0.5) is 0 Å². The lowest BCUT2D eigenvalue weighted by Gasteiger charge is -2.40. The number of phenolic OH excluding ortho intramolecular Hbond substituents is 2. The third-order valence-corrected chi connectivity index (χ3v) is 4.64. The molecule has 25 heavy (non-hydrogen) atoms. The fourth-order valence-corrected chi connectivity index (χ4v) is 2.92. The summed E-state index contributed by atoms with van der Waals surface area (Å²) in [7, 11) is 0. The Labute approximate surface area is 144 Å². The number of hydrogen-bond donors (Lipinski definition) is 6. The van der Waals surface area contributed by atoms with Gasteiger partial charge in [-0.3, -0.25) is 4.79 Å². The molecule has 1 aromatic carbocycles. The maximum absolute atomic E-state index is 12.6. The van der Waals surface area contributed by atoms with E-state index in [2.05, 4.69) is 0 Å². The molecule has 6 N–H and O–H groups in total.